The van der Waals surface area contributed by atoms with Gasteiger partial charge in [-0.3, -0.25) is 4.79 Å². The minimum absolute atomic E-state index is 0.334. The maximum atomic E-state index is 13.4. The first kappa shape index (κ1) is 19.3. The summed E-state index contributed by atoms with van der Waals surface area (Å²) in [5.74, 6) is -2.08. The van der Waals surface area contributed by atoms with E-state index in [-0.39, 0.29) is 5.78 Å². The molecule has 142 valence electrons. The SMILES string of the molecule is COC(=O)c1ccc(OC(OC)(C(=O)c2ccccc2)c2ccccc2)cc1. The number of hydrogen-bond donors (Lipinski definition) is 0. The Morgan fingerprint density at radius 1 is 0.714 bits per heavy atom. The van der Waals surface area contributed by atoms with Crippen LogP contribution in [-0.4, -0.2) is 26.0 Å². The zero-order chi connectivity index (χ0) is 20.0. The third-order valence-electron chi connectivity index (χ3n) is 4.31. The lowest BCUT2D eigenvalue weighted by molar-refractivity contribution is -0.134. The molecule has 0 bridgehead atoms. The molecule has 0 heterocycles. The standard InChI is InChI=1S/C23H20O5/c1-26-22(25)18-13-15-20(16-14-18)28-23(27-2,19-11-7-4-8-12-19)21(24)17-9-5-3-6-10-17/h3-16H,1-2H3. The van der Waals surface area contributed by atoms with E-state index in [1.54, 1.807) is 60.7 Å². The van der Waals surface area contributed by atoms with E-state index in [1.807, 2.05) is 24.3 Å². The van der Waals surface area contributed by atoms with Crippen LogP contribution in [0.3, 0.4) is 0 Å². The van der Waals surface area contributed by atoms with Gasteiger partial charge in [0.15, 0.2) is 0 Å². The minimum atomic E-state index is -1.67. The smallest absolute Gasteiger partial charge is 0.337 e. The van der Waals surface area contributed by atoms with E-state index in [9.17, 15) is 9.59 Å². The van der Waals surface area contributed by atoms with Crippen LogP contribution in [-0.2, 0) is 15.3 Å². The van der Waals surface area contributed by atoms with Crippen LogP contribution in [0.25, 0.3) is 0 Å². The molecule has 0 N–H and O–H groups in total. The molecule has 1 unspecified atom stereocenters. The average molecular weight is 376 g/mol. The van der Waals surface area contributed by atoms with Crippen LogP contribution >= 0.6 is 0 Å². The molecule has 0 aliphatic rings. The molecular weight excluding hydrogens is 356 g/mol. The van der Waals surface area contributed by atoms with Crippen molar-refractivity contribution in [1.29, 1.82) is 0 Å². The van der Waals surface area contributed by atoms with Gasteiger partial charge in [0, 0.05) is 18.2 Å². The van der Waals surface area contributed by atoms with E-state index >= 15 is 0 Å². The summed E-state index contributed by atoms with van der Waals surface area (Å²) in [7, 11) is 2.74. The van der Waals surface area contributed by atoms with Crippen molar-refractivity contribution in [3.8, 4) is 5.75 Å². The maximum absolute atomic E-state index is 13.4. The highest BCUT2D eigenvalue weighted by Gasteiger charge is 2.44. The summed E-state index contributed by atoms with van der Waals surface area (Å²) in [4.78, 5) is 25.0. The van der Waals surface area contributed by atoms with Crippen molar-refractivity contribution in [2.24, 2.45) is 0 Å². The second kappa shape index (κ2) is 8.50. The van der Waals surface area contributed by atoms with Gasteiger partial charge in [-0.05, 0) is 24.3 Å². The average Bonchev–Trinajstić information content (AvgIpc) is 2.78. The van der Waals surface area contributed by atoms with Gasteiger partial charge in [-0.25, -0.2) is 4.79 Å². The quantitative estimate of drug-likeness (QED) is 0.351. The summed E-state index contributed by atoms with van der Waals surface area (Å²) >= 11 is 0. The van der Waals surface area contributed by atoms with Crippen molar-refractivity contribution in [1.82, 2.24) is 0 Å². The summed E-state index contributed by atoms with van der Waals surface area (Å²) < 4.78 is 16.5. The Labute approximate surface area is 163 Å². The number of ether oxygens (including phenoxy) is 3. The lowest BCUT2D eigenvalue weighted by Crippen LogP contribution is -2.43. The molecule has 3 aromatic carbocycles. The number of Topliss-reactive ketones (excluding diaryl/α,β-unsaturated/α-hetero) is 1. The maximum Gasteiger partial charge on any atom is 0.337 e. The summed E-state index contributed by atoms with van der Waals surface area (Å²) in [6.07, 6.45) is 0. The first-order valence-corrected chi connectivity index (χ1v) is 8.68. The number of methoxy groups -OCH3 is 2. The molecule has 5 nitrogen and oxygen atoms in total. The summed E-state index contributed by atoms with van der Waals surface area (Å²) in [5.41, 5.74) is 1.40. The molecule has 0 fully saturated rings. The van der Waals surface area contributed by atoms with Crippen molar-refractivity contribution in [2.45, 2.75) is 5.79 Å². The number of carbonyl (C=O) groups excluding carboxylic acids is 2. The first-order valence-electron chi connectivity index (χ1n) is 8.68. The Balaban J connectivity index is 2.04. The third kappa shape index (κ3) is 3.80. The van der Waals surface area contributed by atoms with Gasteiger partial charge >= 0.3 is 11.8 Å². The normalized spacial score (nSPS) is 12.6. The number of benzene rings is 3. The molecule has 1 atom stereocenters. The van der Waals surface area contributed by atoms with Crippen LogP contribution in [0.2, 0.25) is 0 Å². The lowest BCUT2D eigenvalue weighted by atomic mass is 9.95. The molecule has 0 amide bonds. The van der Waals surface area contributed by atoms with Crippen LogP contribution in [0.5, 0.6) is 5.75 Å². The van der Waals surface area contributed by atoms with Gasteiger partial charge in [0.2, 0.25) is 5.78 Å². The Bertz CT molecular complexity index is 936. The van der Waals surface area contributed by atoms with E-state index < -0.39 is 11.8 Å². The zero-order valence-electron chi connectivity index (χ0n) is 15.6. The van der Waals surface area contributed by atoms with Gasteiger partial charge in [0.05, 0.1) is 12.7 Å². The molecule has 0 saturated heterocycles. The number of rotatable bonds is 7. The predicted octanol–water partition coefficient (Wildman–Crippen LogP) is 4.23. The van der Waals surface area contributed by atoms with Gasteiger partial charge in [-0.15, -0.1) is 0 Å². The van der Waals surface area contributed by atoms with E-state index in [1.165, 1.54) is 14.2 Å². The molecule has 0 saturated carbocycles. The van der Waals surface area contributed by atoms with Crippen LogP contribution in [0.1, 0.15) is 26.3 Å². The van der Waals surface area contributed by atoms with E-state index in [4.69, 9.17) is 14.2 Å². The highest BCUT2D eigenvalue weighted by atomic mass is 16.7. The van der Waals surface area contributed by atoms with Crippen molar-refractivity contribution in [2.75, 3.05) is 14.2 Å². The Kier molecular flexibility index (Phi) is 5.87. The molecular formula is C23H20O5. The van der Waals surface area contributed by atoms with E-state index in [0.29, 0.717) is 22.4 Å². The van der Waals surface area contributed by atoms with Crippen molar-refractivity contribution in [3.05, 3.63) is 102 Å². The Hall–Kier alpha value is -3.44. The first-order chi connectivity index (χ1) is 13.6. The van der Waals surface area contributed by atoms with E-state index in [2.05, 4.69) is 0 Å². The van der Waals surface area contributed by atoms with Crippen LogP contribution in [0.15, 0.2) is 84.9 Å². The van der Waals surface area contributed by atoms with Gasteiger partial charge in [0.25, 0.3) is 0 Å². The lowest BCUT2D eigenvalue weighted by Gasteiger charge is -2.32. The largest absolute Gasteiger partial charge is 0.465 e. The highest BCUT2D eigenvalue weighted by molar-refractivity contribution is 6.02. The monoisotopic (exact) mass is 376 g/mol. The van der Waals surface area contributed by atoms with Gasteiger partial charge in [-0.1, -0.05) is 60.7 Å². The minimum Gasteiger partial charge on any atom is -0.465 e. The molecule has 0 aliphatic heterocycles. The third-order valence-corrected chi connectivity index (χ3v) is 4.31. The fourth-order valence-electron chi connectivity index (χ4n) is 2.87. The fraction of sp³-hybridized carbons (Fsp3) is 0.130. The zero-order valence-corrected chi connectivity index (χ0v) is 15.6. The molecule has 0 aliphatic carbocycles. The fourth-order valence-corrected chi connectivity index (χ4v) is 2.87. The van der Waals surface area contributed by atoms with Crippen molar-refractivity contribution < 1.29 is 23.8 Å². The molecule has 5 heteroatoms. The molecule has 3 rings (SSSR count). The second-order valence-corrected chi connectivity index (χ2v) is 6.00. The number of ketones is 1. The highest BCUT2D eigenvalue weighted by Crippen LogP contribution is 2.33. The number of carbonyl (C=O) groups is 2. The molecule has 28 heavy (non-hydrogen) atoms. The van der Waals surface area contributed by atoms with Gasteiger partial charge in [0.1, 0.15) is 5.75 Å². The van der Waals surface area contributed by atoms with Crippen molar-refractivity contribution in [3.63, 3.8) is 0 Å². The van der Waals surface area contributed by atoms with Crippen LogP contribution in [0.4, 0.5) is 0 Å². The number of hydrogen-bond acceptors (Lipinski definition) is 5. The van der Waals surface area contributed by atoms with Crippen LogP contribution < -0.4 is 4.74 Å². The summed E-state index contributed by atoms with van der Waals surface area (Å²) in [5, 5.41) is 0. The van der Waals surface area contributed by atoms with Crippen LogP contribution in [0, 0.1) is 0 Å². The summed E-state index contributed by atoms with van der Waals surface area (Å²) in [6, 6.07) is 24.2. The topological polar surface area (TPSA) is 61.8 Å². The molecule has 3 aromatic rings. The van der Waals surface area contributed by atoms with Crippen molar-refractivity contribution >= 4 is 11.8 Å². The van der Waals surface area contributed by atoms with Gasteiger partial charge < -0.3 is 14.2 Å². The second-order valence-electron chi connectivity index (χ2n) is 6.00. The predicted molar refractivity (Wildman–Crippen MR) is 104 cm³/mol. The molecule has 0 aromatic heterocycles. The summed E-state index contributed by atoms with van der Waals surface area (Å²) in [6.45, 7) is 0. The molecule has 0 spiro atoms. The molecule has 0 radical (unpaired) electrons. The Morgan fingerprint density at radius 2 is 1.29 bits per heavy atom. The van der Waals surface area contributed by atoms with Gasteiger partial charge in [-0.2, -0.15) is 0 Å². The van der Waals surface area contributed by atoms with E-state index in [0.717, 1.165) is 0 Å². The number of esters is 1. The Morgan fingerprint density at radius 3 is 1.82 bits per heavy atom.